The maximum Gasteiger partial charge on any atom is 0.241 e. The van der Waals surface area contributed by atoms with Crippen molar-refractivity contribution in [2.45, 2.75) is 26.3 Å². The molecule has 1 unspecified atom stereocenters. The molecule has 3 N–H and O–H groups in total. The second kappa shape index (κ2) is 9.71. The van der Waals surface area contributed by atoms with Crippen molar-refractivity contribution < 1.29 is 4.79 Å². The zero-order valence-electron chi connectivity index (χ0n) is 17.0. The van der Waals surface area contributed by atoms with E-state index in [0.29, 0.717) is 6.54 Å². The van der Waals surface area contributed by atoms with Gasteiger partial charge in [-0.15, -0.1) is 0 Å². The summed E-state index contributed by atoms with van der Waals surface area (Å²) in [5.41, 5.74) is 10.9. The van der Waals surface area contributed by atoms with E-state index in [1.807, 2.05) is 30.3 Å². The zero-order valence-corrected chi connectivity index (χ0v) is 17.0. The van der Waals surface area contributed by atoms with Gasteiger partial charge < -0.3 is 16.0 Å². The molecule has 28 heavy (non-hydrogen) atoms. The number of nitrogens with two attached hydrogens (primary N) is 1. The fourth-order valence-electron chi connectivity index (χ4n) is 3.71. The number of hydrogen-bond donors (Lipinski definition) is 2. The second-order valence-corrected chi connectivity index (χ2v) is 7.65. The lowest BCUT2D eigenvalue weighted by atomic mass is 10.1. The summed E-state index contributed by atoms with van der Waals surface area (Å²) in [6.45, 7) is 10.2. The summed E-state index contributed by atoms with van der Waals surface area (Å²) < 4.78 is 0. The monoisotopic (exact) mass is 380 g/mol. The molecule has 3 rings (SSSR count). The Balaban J connectivity index is 1.37. The number of piperazine rings is 1. The number of aryl methyl sites for hydroxylation is 2. The van der Waals surface area contributed by atoms with Crippen molar-refractivity contribution in [3.05, 3.63) is 65.2 Å². The summed E-state index contributed by atoms with van der Waals surface area (Å²) in [6, 6.07) is 15.6. The lowest BCUT2D eigenvalue weighted by molar-refractivity contribution is -0.122. The van der Waals surface area contributed by atoms with Crippen molar-refractivity contribution >= 4 is 11.6 Å². The van der Waals surface area contributed by atoms with Gasteiger partial charge >= 0.3 is 0 Å². The van der Waals surface area contributed by atoms with Crippen LogP contribution in [0.25, 0.3) is 0 Å². The van der Waals surface area contributed by atoms with Gasteiger partial charge in [0.15, 0.2) is 0 Å². The van der Waals surface area contributed by atoms with Gasteiger partial charge in [0.1, 0.15) is 6.04 Å². The number of rotatable bonds is 7. The molecular weight excluding hydrogens is 348 g/mol. The smallest absolute Gasteiger partial charge is 0.241 e. The van der Waals surface area contributed by atoms with Crippen LogP contribution in [0.15, 0.2) is 48.5 Å². The largest absolute Gasteiger partial charge is 0.369 e. The second-order valence-electron chi connectivity index (χ2n) is 7.65. The van der Waals surface area contributed by atoms with E-state index in [1.54, 1.807) is 0 Å². The van der Waals surface area contributed by atoms with Crippen LogP contribution in [0, 0.1) is 13.8 Å². The molecule has 2 aromatic carbocycles. The van der Waals surface area contributed by atoms with Crippen LogP contribution in [-0.4, -0.2) is 50.1 Å². The molecule has 0 radical (unpaired) electrons. The van der Waals surface area contributed by atoms with Gasteiger partial charge in [-0.3, -0.25) is 9.69 Å². The van der Waals surface area contributed by atoms with Crippen LogP contribution in [0.5, 0.6) is 0 Å². The molecule has 2 aromatic rings. The zero-order chi connectivity index (χ0) is 19.9. The minimum atomic E-state index is -0.595. The van der Waals surface area contributed by atoms with E-state index in [-0.39, 0.29) is 5.91 Å². The summed E-state index contributed by atoms with van der Waals surface area (Å²) in [5, 5.41) is 2.97. The maximum atomic E-state index is 12.2. The molecule has 1 heterocycles. The van der Waals surface area contributed by atoms with E-state index in [2.05, 4.69) is 47.2 Å². The highest BCUT2D eigenvalue weighted by Crippen LogP contribution is 2.22. The number of carbonyl (C=O) groups excluding carboxylic acids is 1. The standard InChI is InChI=1S/C23H32N4O/c1-18-9-10-19(2)21(17-18)27-15-13-26(14-16-27)12-6-11-25-23(28)22(24)20-7-4-3-5-8-20/h3-5,7-10,17,22H,6,11-16,24H2,1-2H3,(H,25,28). The number of nitrogens with zero attached hydrogens (tertiary/aromatic N) is 2. The minimum absolute atomic E-state index is 0.106. The number of anilines is 1. The van der Waals surface area contributed by atoms with Crippen LogP contribution >= 0.6 is 0 Å². The number of carbonyl (C=O) groups is 1. The lowest BCUT2D eigenvalue weighted by Gasteiger charge is -2.37. The first-order chi connectivity index (χ1) is 13.5. The van der Waals surface area contributed by atoms with Gasteiger partial charge in [0, 0.05) is 38.4 Å². The first kappa shape index (κ1) is 20.4. The van der Waals surface area contributed by atoms with E-state index in [4.69, 9.17) is 5.73 Å². The van der Waals surface area contributed by atoms with E-state index < -0.39 is 6.04 Å². The van der Waals surface area contributed by atoms with Crippen LogP contribution in [-0.2, 0) is 4.79 Å². The highest BCUT2D eigenvalue weighted by atomic mass is 16.2. The topological polar surface area (TPSA) is 61.6 Å². The molecule has 0 spiro atoms. The summed E-state index contributed by atoms with van der Waals surface area (Å²) >= 11 is 0. The van der Waals surface area contributed by atoms with Gasteiger partial charge in [-0.05, 0) is 49.6 Å². The van der Waals surface area contributed by atoms with Gasteiger partial charge in [-0.2, -0.15) is 0 Å². The number of hydrogen-bond acceptors (Lipinski definition) is 4. The van der Waals surface area contributed by atoms with Crippen molar-refractivity contribution in [2.75, 3.05) is 44.2 Å². The third-order valence-corrected chi connectivity index (χ3v) is 5.47. The molecule has 1 saturated heterocycles. The predicted molar refractivity (Wildman–Crippen MR) is 116 cm³/mol. The molecule has 0 aliphatic carbocycles. The summed E-state index contributed by atoms with van der Waals surface area (Å²) in [6.07, 6.45) is 0.941. The Morgan fingerprint density at radius 1 is 1.07 bits per heavy atom. The third-order valence-electron chi connectivity index (χ3n) is 5.47. The van der Waals surface area contributed by atoms with Gasteiger partial charge in [-0.25, -0.2) is 0 Å². The highest BCUT2D eigenvalue weighted by molar-refractivity contribution is 5.82. The highest BCUT2D eigenvalue weighted by Gasteiger charge is 2.19. The van der Waals surface area contributed by atoms with Crippen molar-refractivity contribution in [3.63, 3.8) is 0 Å². The van der Waals surface area contributed by atoms with Gasteiger partial charge in [-0.1, -0.05) is 42.5 Å². The molecular formula is C23H32N4O. The number of nitrogens with one attached hydrogen (secondary N) is 1. The molecule has 0 saturated carbocycles. The first-order valence-electron chi connectivity index (χ1n) is 10.2. The van der Waals surface area contributed by atoms with Gasteiger partial charge in [0.2, 0.25) is 5.91 Å². The van der Waals surface area contributed by atoms with Crippen LogP contribution in [0.4, 0.5) is 5.69 Å². The molecule has 5 heteroatoms. The van der Waals surface area contributed by atoms with Crippen LogP contribution in [0.1, 0.15) is 29.2 Å². The molecule has 150 valence electrons. The molecule has 0 bridgehead atoms. The normalized spacial score (nSPS) is 16.0. The third kappa shape index (κ3) is 5.33. The summed E-state index contributed by atoms with van der Waals surface area (Å²) in [4.78, 5) is 17.2. The Labute approximate surface area is 168 Å². The molecule has 1 aliphatic heterocycles. The molecule has 1 atom stereocenters. The Morgan fingerprint density at radius 3 is 2.50 bits per heavy atom. The van der Waals surface area contributed by atoms with Gasteiger partial charge in [0.25, 0.3) is 0 Å². The molecule has 1 aliphatic rings. The predicted octanol–water partition coefficient (Wildman–Crippen LogP) is 2.63. The van der Waals surface area contributed by atoms with Crippen molar-refractivity contribution in [3.8, 4) is 0 Å². The summed E-state index contributed by atoms with van der Waals surface area (Å²) in [7, 11) is 0. The minimum Gasteiger partial charge on any atom is -0.369 e. The van der Waals surface area contributed by atoms with Crippen molar-refractivity contribution in [2.24, 2.45) is 5.73 Å². The Hall–Kier alpha value is -2.37. The fourth-order valence-corrected chi connectivity index (χ4v) is 3.71. The van der Waals surface area contributed by atoms with Crippen molar-refractivity contribution in [1.82, 2.24) is 10.2 Å². The first-order valence-corrected chi connectivity index (χ1v) is 10.2. The average Bonchev–Trinajstić information content (AvgIpc) is 2.73. The lowest BCUT2D eigenvalue weighted by Crippen LogP contribution is -2.47. The Bertz CT molecular complexity index is 769. The number of benzene rings is 2. The summed E-state index contributed by atoms with van der Waals surface area (Å²) in [5.74, 6) is -0.106. The van der Waals surface area contributed by atoms with E-state index >= 15 is 0 Å². The fraction of sp³-hybridized carbons (Fsp3) is 0.435. The molecule has 1 amide bonds. The molecule has 0 aromatic heterocycles. The van der Waals surface area contributed by atoms with Crippen LogP contribution in [0.3, 0.4) is 0 Å². The SMILES string of the molecule is Cc1ccc(C)c(N2CCN(CCCNC(=O)C(N)c3ccccc3)CC2)c1. The van der Waals surface area contributed by atoms with E-state index in [9.17, 15) is 4.79 Å². The number of amides is 1. The van der Waals surface area contributed by atoms with E-state index in [0.717, 1.165) is 44.7 Å². The molecule has 1 fully saturated rings. The van der Waals surface area contributed by atoms with Crippen molar-refractivity contribution in [1.29, 1.82) is 0 Å². The Morgan fingerprint density at radius 2 is 1.79 bits per heavy atom. The van der Waals surface area contributed by atoms with E-state index in [1.165, 1.54) is 16.8 Å². The average molecular weight is 381 g/mol. The Kier molecular flexibility index (Phi) is 7.06. The molecule has 5 nitrogen and oxygen atoms in total. The van der Waals surface area contributed by atoms with Crippen LogP contribution in [0.2, 0.25) is 0 Å². The van der Waals surface area contributed by atoms with Crippen LogP contribution < -0.4 is 16.0 Å². The van der Waals surface area contributed by atoms with Gasteiger partial charge in [0.05, 0.1) is 0 Å². The quantitative estimate of drug-likeness (QED) is 0.725. The maximum absolute atomic E-state index is 12.2.